The number of H-pyrrole nitrogens is 1. The van der Waals surface area contributed by atoms with E-state index in [2.05, 4.69) is 38.0 Å². The lowest BCUT2D eigenvalue weighted by atomic mass is 10.1. The Kier molecular flexibility index (Phi) is 5.36. The van der Waals surface area contributed by atoms with Crippen LogP contribution in [0.5, 0.6) is 11.5 Å². The van der Waals surface area contributed by atoms with Gasteiger partial charge < -0.3 is 14.5 Å². The predicted molar refractivity (Wildman–Crippen MR) is 118 cm³/mol. The third-order valence-electron chi connectivity index (χ3n) is 4.62. The summed E-state index contributed by atoms with van der Waals surface area (Å²) in [5, 5.41) is 0.556. The van der Waals surface area contributed by atoms with E-state index in [-0.39, 0.29) is 5.56 Å². The van der Waals surface area contributed by atoms with Gasteiger partial charge in [-0.15, -0.1) is 0 Å². The average molecular weight is 451 g/mol. The SMILES string of the molecule is COc1cc(-c2nc3ccccc3c(=O)[nH]2)cc(Br)c1OCc1ccc(C)cc1. The smallest absolute Gasteiger partial charge is 0.259 e. The summed E-state index contributed by atoms with van der Waals surface area (Å²) < 4.78 is 12.3. The van der Waals surface area contributed by atoms with Crippen LogP contribution >= 0.6 is 15.9 Å². The van der Waals surface area contributed by atoms with Crippen molar-refractivity contribution >= 4 is 26.8 Å². The summed E-state index contributed by atoms with van der Waals surface area (Å²) in [6.07, 6.45) is 0. The van der Waals surface area contributed by atoms with E-state index < -0.39 is 0 Å². The second-order valence-electron chi connectivity index (χ2n) is 6.70. The molecule has 1 aromatic heterocycles. The first-order valence-electron chi connectivity index (χ1n) is 9.10. The zero-order valence-electron chi connectivity index (χ0n) is 16.0. The fourth-order valence-electron chi connectivity index (χ4n) is 3.06. The van der Waals surface area contributed by atoms with Crippen molar-refractivity contribution in [2.75, 3.05) is 7.11 Å². The number of aromatic nitrogens is 2. The highest BCUT2D eigenvalue weighted by Crippen LogP contribution is 2.39. The number of halogens is 1. The van der Waals surface area contributed by atoms with E-state index in [0.717, 1.165) is 15.6 Å². The molecule has 1 heterocycles. The van der Waals surface area contributed by atoms with Crippen molar-refractivity contribution in [3.8, 4) is 22.9 Å². The number of methoxy groups -OCH3 is 1. The van der Waals surface area contributed by atoms with Gasteiger partial charge in [0.25, 0.3) is 5.56 Å². The summed E-state index contributed by atoms with van der Waals surface area (Å²) in [6, 6.07) is 19.1. The molecule has 146 valence electrons. The Hall–Kier alpha value is -3.12. The Morgan fingerprint density at radius 2 is 1.83 bits per heavy atom. The van der Waals surface area contributed by atoms with Crippen molar-refractivity contribution in [1.82, 2.24) is 9.97 Å². The monoisotopic (exact) mass is 450 g/mol. The molecule has 3 aromatic carbocycles. The first-order chi connectivity index (χ1) is 14.0. The molecule has 0 aliphatic rings. The van der Waals surface area contributed by atoms with Gasteiger partial charge in [0.05, 0.1) is 22.5 Å². The zero-order chi connectivity index (χ0) is 20.4. The van der Waals surface area contributed by atoms with E-state index >= 15 is 0 Å². The number of hydrogen-bond donors (Lipinski definition) is 1. The second-order valence-corrected chi connectivity index (χ2v) is 7.55. The first kappa shape index (κ1) is 19.2. The molecule has 0 radical (unpaired) electrons. The van der Waals surface area contributed by atoms with Crippen molar-refractivity contribution < 1.29 is 9.47 Å². The van der Waals surface area contributed by atoms with E-state index in [1.165, 1.54) is 5.56 Å². The maximum atomic E-state index is 12.4. The number of ether oxygens (including phenoxy) is 2. The van der Waals surface area contributed by atoms with Gasteiger partial charge in [-0.2, -0.15) is 0 Å². The van der Waals surface area contributed by atoms with Gasteiger partial charge in [0, 0.05) is 5.56 Å². The standard InChI is InChI=1S/C23H19BrN2O3/c1-14-7-9-15(10-8-14)13-29-21-18(24)11-16(12-20(21)28-2)22-25-19-6-4-3-5-17(19)23(27)26-22/h3-12H,13H2,1-2H3,(H,25,26,27). The van der Waals surface area contributed by atoms with Gasteiger partial charge in [-0.3, -0.25) is 4.79 Å². The number of nitrogens with one attached hydrogen (secondary N) is 1. The number of aromatic amines is 1. The van der Waals surface area contributed by atoms with E-state index in [1.54, 1.807) is 13.2 Å². The third kappa shape index (κ3) is 4.03. The Morgan fingerprint density at radius 1 is 1.07 bits per heavy atom. The lowest BCUT2D eigenvalue weighted by molar-refractivity contribution is 0.282. The van der Waals surface area contributed by atoms with Gasteiger partial charge in [-0.1, -0.05) is 42.0 Å². The normalized spacial score (nSPS) is 10.9. The number of fused-ring (bicyclic) bond motifs is 1. The Morgan fingerprint density at radius 3 is 2.59 bits per heavy atom. The molecule has 4 rings (SSSR count). The summed E-state index contributed by atoms with van der Waals surface area (Å²) >= 11 is 3.56. The molecule has 1 N–H and O–H groups in total. The van der Waals surface area contributed by atoms with Crippen molar-refractivity contribution in [1.29, 1.82) is 0 Å². The number of para-hydroxylation sites is 1. The minimum absolute atomic E-state index is 0.180. The summed E-state index contributed by atoms with van der Waals surface area (Å²) in [5.41, 5.74) is 3.45. The molecule has 4 aromatic rings. The Bertz CT molecular complexity index is 1230. The topological polar surface area (TPSA) is 64.2 Å². The molecule has 0 spiro atoms. The molecular formula is C23H19BrN2O3. The lowest BCUT2D eigenvalue weighted by Crippen LogP contribution is -2.09. The van der Waals surface area contributed by atoms with Gasteiger partial charge in [0.15, 0.2) is 11.5 Å². The van der Waals surface area contributed by atoms with Crippen molar-refractivity contribution in [2.24, 2.45) is 0 Å². The molecule has 0 amide bonds. The number of aryl methyl sites for hydroxylation is 1. The second kappa shape index (κ2) is 8.09. The summed E-state index contributed by atoms with van der Waals surface area (Å²) in [6.45, 7) is 2.47. The largest absolute Gasteiger partial charge is 0.493 e. The minimum atomic E-state index is -0.180. The first-order valence-corrected chi connectivity index (χ1v) is 9.90. The van der Waals surface area contributed by atoms with Gasteiger partial charge in [0.1, 0.15) is 12.4 Å². The van der Waals surface area contributed by atoms with Gasteiger partial charge in [0.2, 0.25) is 0 Å². The fourth-order valence-corrected chi connectivity index (χ4v) is 3.62. The predicted octanol–water partition coefficient (Wildman–Crippen LogP) is 5.25. The van der Waals surface area contributed by atoms with Gasteiger partial charge in [-0.05, 0) is 52.7 Å². The van der Waals surface area contributed by atoms with Gasteiger partial charge in [-0.25, -0.2) is 4.98 Å². The number of rotatable bonds is 5. The number of nitrogens with zero attached hydrogens (tertiary/aromatic N) is 1. The van der Waals surface area contributed by atoms with Crippen LogP contribution in [-0.2, 0) is 6.61 Å². The minimum Gasteiger partial charge on any atom is -0.493 e. The van der Waals surface area contributed by atoms with Crippen molar-refractivity contribution in [2.45, 2.75) is 13.5 Å². The van der Waals surface area contributed by atoms with Crippen LogP contribution in [0.3, 0.4) is 0 Å². The van der Waals surface area contributed by atoms with Crippen LogP contribution in [-0.4, -0.2) is 17.1 Å². The lowest BCUT2D eigenvalue weighted by Gasteiger charge is -2.14. The Balaban J connectivity index is 1.69. The van der Waals surface area contributed by atoms with Crippen LogP contribution in [0.15, 0.2) is 69.9 Å². The fraction of sp³-hybridized carbons (Fsp3) is 0.130. The van der Waals surface area contributed by atoms with Crippen LogP contribution in [0.4, 0.5) is 0 Å². The molecule has 0 aliphatic heterocycles. The van der Waals surface area contributed by atoms with Crippen LogP contribution in [0, 0.1) is 6.92 Å². The van der Waals surface area contributed by atoms with Crippen LogP contribution < -0.4 is 15.0 Å². The van der Waals surface area contributed by atoms with Crippen LogP contribution in [0.25, 0.3) is 22.3 Å². The maximum Gasteiger partial charge on any atom is 0.259 e. The molecule has 6 heteroatoms. The Labute approximate surface area is 176 Å². The molecule has 0 atom stereocenters. The molecule has 0 aliphatic carbocycles. The highest BCUT2D eigenvalue weighted by Gasteiger charge is 2.15. The average Bonchev–Trinajstić information content (AvgIpc) is 2.73. The maximum absolute atomic E-state index is 12.4. The van der Waals surface area contributed by atoms with Crippen molar-refractivity contribution in [3.63, 3.8) is 0 Å². The summed E-state index contributed by atoms with van der Waals surface area (Å²) in [7, 11) is 1.58. The van der Waals surface area contributed by atoms with Gasteiger partial charge >= 0.3 is 0 Å². The van der Waals surface area contributed by atoms with E-state index in [1.807, 2.05) is 49.4 Å². The molecule has 5 nitrogen and oxygen atoms in total. The summed E-state index contributed by atoms with van der Waals surface area (Å²) in [4.78, 5) is 19.8. The summed E-state index contributed by atoms with van der Waals surface area (Å²) in [5.74, 6) is 1.62. The van der Waals surface area contributed by atoms with E-state index in [0.29, 0.717) is 34.8 Å². The van der Waals surface area contributed by atoms with Crippen LogP contribution in [0.2, 0.25) is 0 Å². The third-order valence-corrected chi connectivity index (χ3v) is 5.21. The molecule has 29 heavy (non-hydrogen) atoms. The highest BCUT2D eigenvalue weighted by molar-refractivity contribution is 9.10. The van der Waals surface area contributed by atoms with E-state index in [4.69, 9.17) is 9.47 Å². The molecule has 0 unspecified atom stereocenters. The number of benzene rings is 3. The zero-order valence-corrected chi connectivity index (χ0v) is 17.6. The van der Waals surface area contributed by atoms with E-state index in [9.17, 15) is 4.79 Å². The van der Waals surface area contributed by atoms with Crippen LogP contribution in [0.1, 0.15) is 11.1 Å². The molecule has 0 bridgehead atoms. The quantitative estimate of drug-likeness (QED) is 0.450. The molecular weight excluding hydrogens is 432 g/mol. The molecule has 0 fully saturated rings. The molecule has 0 saturated carbocycles. The van der Waals surface area contributed by atoms with Crippen molar-refractivity contribution in [3.05, 3.63) is 86.6 Å². The highest BCUT2D eigenvalue weighted by atomic mass is 79.9. The number of hydrogen-bond acceptors (Lipinski definition) is 4. The molecule has 0 saturated heterocycles.